The molecule has 20 heavy (non-hydrogen) atoms. The summed E-state index contributed by atoms with van der Waals surface area (Å²) in [4.78, 5) is 6.73. The maximum absolute atomic E-state index is 5.32. The van der Waals surface area contributed by atoms with Gasteiger partial charge in [-0.1, -0.05) is 33.2 Å². The van der Waals surface area contributed by atoms with Crippen LogP contribution in [0.2, 0.25) is 0 Å². The van der Waals surface area contributed by atoms with Crippen molar-refractivity contribution in [3.05, 3.63) is 46.0 Å². The van der Waals surface area contributed by atoms with Crippen LogP contribution in [0.5, 0.6) is 0 Å². The van der Waals surface area contributed by atoms with Gasteiger partial charge in [0.05, 0.1) is 26.2 Å². The minimum atomic E-state index is 0.663. The molecule has 0 atom stereocenters. The fraction of sp³-hybridized carbons (Fsp3) is 0.429. The van der Waals surface area contributed by atoms with Gasteiger partial charge < -0.3 is 9.26 Å². The molecule has 1 aromatic carbocycles. The molecule has 1 aromatic heterocycles. The SMILES string of the molecule is Brc1ccc(Cc2nc(CN3CCOCC3)no2)cc1. The highest BCUT2D eigenvalue weighted by Crippen LogP contribution is 2.14. The van der Waals surface area contributed by atoms with Crippen molar-refractivity contribution in [2.24, 2.45) is 0 Å². The Labute approximate surface area is 126 Å². The maximum atomic E-state index is 5.32. The van der Waals surface area contributed by atoms with E-state index in [1.54, 1.807) is 0 Å². The number of nitrogens with zero attached hydrogens (tertiary/aromatic N) is 3. The highest BCUT2D eigenvalue weighted by Gasteiger charge is 2.14. The van der Waals surface area contributed by atoms with Gasteiger partial charge in [0, 0.05) is 17.6 Å². The number of benzene rings is 1. The van der Waals surface area contributed by atoms with Gasteiger partial charge in [0.25, 0.3) is 0 Å². The monoisotopic (exact) mass is 337 g/mol. The maximum Gasteiger partial charge on any atom is 0.231 e. The van der Waals surface area contributed by atoms with Gasteiger partial charge in [-0.05, 0) is 17.7 Å². The Morgan fingerprint density at radius 3 is 2.65 bits per heavy atom. The molecule has 0 saturated carbocycles. The van der Waals surface area contributed by atoms with Crippen LogP contribution in [0.3, 0.4) is 0 Å². The van der Waals surface area contributed by atoms with E-state index >= 15 is 0 Å². The van der Waals surface area contributed by atoms with E-state index in [-0.39, 0.29) is 0 Å². The predicted molar refractivity (Wildman–Crippen MR) is 77.3 cm³/mol. The van der Waals surface area contributed by atoms with Gasteiger partial charge in [-0.15, -0.1) is 0 Å². The Morgan fingerprint density at radius 2 is 1.90 bits per heavy atom. The number of ether oxygens (including phenoxy) is 1. The van der Waals surface area contributed by atoms with Gasteiger partial charge in [0.1, 0.15) is 0 Å². The predicted octanol–water partition coefficient (Wildman–Crippen LogP) is 2.26. The molecule has 1 aliphatic rings. The summed E-state index contributed by atoms with van der Waals surface area (Å²) >= 11 is 3.42. The standard InChI is InChI=1S/C14H16BrN3O2/c15-12-3-1-11(2-4-12)9-14-16-13(17-20-14)10-18-5-7-19-8-6-18/h1-4H,5-10H2. The van der Waals surface area contributed by atoms with Gasteiger partial charge >= 0.3 is 0 Å². The van der Waals surface area contributed by atoms with Gasteiger partial charge in [-0.2, -0.15) is 4.98 Å². The van der Waals surface area contributed by atoms with E-state index in [2.05, 4.69) is 43.1 Å². The van der Waals surface area contributed by atoms with Crippen LogP contribution < -0.4 is 0 Å². The second-order valence-electron chi connectivity index (χ2n) is 4.80. The van der Waals surface area contributed by atoms with Crippen molar-refractivity contribution in [1.29, 1.82) is 0 Å². The van der Waals surface area contributed by atoms with Crippen LogP contribution >= 0.6 is 15.9 Å². The van der Waals surface area contributed by atoms with Crippen molar-refractivity contribution in [2.75, 3.05) is 26.3 Å². The Morgan fingerprint density at radius 1 is 1.15 bits per heavy atom. The lowest BCUT2D eigenvalue weighted by Gasteiger charge is -2.24. The van der Waals surface area contributed by atoms with Gasteiger partial charge in [0.2, 0.25) is 5.89 Å². The Kier molecular flexibility index (Phi) is 4.44. The molecule has 0 bridgehead atoms. The van der Waals surface area contributed by atoms with E-state index in [1.165, 1.54) is 0 Å². The molecule has 5 nitrogen and oxygen atoms in total. The zero-order valence-corrected chi connectivity index (χ0v) is 12.7. The average molecular weight is 338 g/mol. The molecule has 106 valence electrons. The zero-order valence-electron chi connectivity index (χ0n) is 11.1. The number of morpholine rings is 1. The smallest absolute Gasteiger partial charge is 0.231 e. The van der Waals surface area contributed by atoms with E-state index in [0.717, 1.165) is 48.7 Å². The first kappa shape index (κ1) is 13.7. The summed E-state index contributed by atoms with van der Waals surface area (Å²) in [6.07, 6.45) is 0.670. The van der Waals surface area contributed by atoms with E-state index in [9.17, 15) is 0 Å². The van der Waals surface area contributed by atoms with Crippen molar-refractivity contribution in [3.8, 4) is 0 Å². The van der Waals surface area contributed by atoms with E-state index in [1.807, 2.05) is 12.1 Å². The van der Waals surface area contributed by atoms with Crippen LogP contribution in [0.15, 0.2) is 33.3 Å². The largest absolute Gasteiger partial charge is 0.379 e. The lowest BCUT2D eigenvalue weighted by Crippen LogP contribution is -2.35. The lowest BCUT2D eigenvalue weighted by molar-refractivity contribution is 0.0327. The third-order valence-corrected chi connectivity index (χ3v) is 3.78. The number of aromatic nitrogens is 2. The first-order valence-electron chi connectivity index (χ1n) is 6.65. The molecule has 1 fully saturated rings. The molecule has 0 unspecified atom stereocenters. The molecule has 0 amide bonds. The molecule has 1 aliphatic heterocycles. The molecular weight excluding hydrogens is 322 g/mol. The molecule has 0 aliphatic carbocycles. The Bertz CT molecular complexity index is 550. The lowest BCUT2D eigenvalue weighted by atomic mass is 10.1. The summed E-state index contributed by atoms with van der Waals surface area (Å²) in [5.74, 6) is 1.41. The Hall–Kier alpha value is -1.24. The Balaban J connectivity index is 1.60. The van der Waals surface area contributed by atoms with Crippen LogP contribution in [-0.2, 0) is 17.7 Å². The van der Waals surface area contributed by atoms with Gasteiger partial charge in [-0.25, -0.2) is 0 Å². The van der Waals surface area contributed by atoms with Crippen molar-refractivity contribution >= 4 is 15.9 Å². The molecule has 0 spiro atoms. The van der Waals surface area contributed by atoms with Crippen LogP contribution in [0.1, 0.15) is 17.3 Å². The quantitative estimate of drug-likeness (QED) is 0.856. The topological polar surface area (TPSA) is 51.4 Å². The summed E-state index contributed by atoms with van der Waals surface area (Å²) in [5.41, 5.74) is 1.16. The molecule has 2 heterocycles. The number of rotatable bonds is 4. The summed E-state index contributed by atoms with van der Waals surface area (Å²) in [6.45, 7) is 4.15. The van der Waals surface area contributed by atoms with E-state index < -0.39 is 0 Å². The van der Waals surface area contributed by atoms with Crippen molar-refractivity contribution in [1.82, 2.24) is 15.0 Å². The minimum Gasteiger partial charge on any atom is -0.379 e. The molecule has 6 heteroatoms. The summed E-state index contributed by atoms with van der Waals surface area (Å²) in [7, 11) is 0. The molecule has 2 aromatic rings. The average Bonchev–Trinajstić information content (AvgIpc) is 2.90. The zero-order chi connectivity index (χ0) is 13.8. The second kappa shape index (κ2) is 6.47. The van der Waals surface area contributed by atoms with Gasteiger partial charge in [0.15, 0.2) is 5.82 Å². The fourth-order valence-corrected chi connectivity index (χ4v) is 2.43. The normalized spacial score (nSPS) is 16.4. The number of hydrogen-bond acceptors (Lipinski definition) is 5. The third kappa shape index (κ3) is 3.65. The number of hydrogen-bond donors (Lipinski definition) is 0. The van der Waals surface area contributed by atoms with Gasteiger partial charge in [-0.3, -0.25) is 4.90 Å². The summed E-state index contributed by atoms with van der Waals surface area (Å²) in [5, 5.41) is 4.05. The molecule has 0 radical (unpaired) electrons. The molecular formula is C14H16BrN3O2. The highest BCUT2D eigenvalue weighted by molar-refractivity contribution is 9.10. The third-order valence-electron chi connectivity index (χ3n) is 3.25. The van der Waals surface area contributed by atoms with Crippen LogP contribution in [0, 0.1) is 0 Å². The second-order valence-corrected chi connectivity index (χ2v) is 5.71. The fourth-order valence-electron chi connectivity index (χ4n) is 2.16. The summed E-state index contributed by atoms with van der Waals surface area (Å²) in [6, 6.07) is 8.13. The first-order valence-corrected chi connectivity index (χ1v) is 7.45. The summed E-state index contributed by atoms with van der Waals surface area (Å²) < 4.78 is 11.7. The first-order chi connectivity index (χ1) is 9.79. The van der Waals surface area contributed by atoms with Crippen LogP contribution in [0.25, 0.3) is 0 Å². The van der Waals surface area contributed by atoms with Crippen molar-refractivity contribution in [3.63, 3.8) is 0 Å². The van der Waals surface area contributed by atoms with Crippen LogP contribution in [0.4, 0.5) is 0 Å². The number of halogens is 1. The van der Waals surface area contributed by atoms with E-state index in [4.69, 9.17) is 9.26 Å². The van der Waals surface area contributed by atoms with E-state index in [0.29, 0.717) is 12.3 Å². The molecule has 0 N–H and O–H groups in total. The highest BCUT2D eigenvalue weighted by atomic mass is 79.9. The minimum absolute atomic E-state index is 0.663. The van der Waals surface area contributed by atoms with Crippen LogP contribution in [-0.4, -0.2) is 41.3 Å². The molecule has 1 saturated heterocycles. The van der Waals surface area contributed by atoms with Crippen molar-refractivity contribution < 1.29 is 9.26 Å². The van der Waals surface area contributed by atoms with Crippen molar-refractivity contribution in [2.45, 2.75) is 13.0 Å². The molecule has 3 rings (SSSR count).